The van der Waals surface area contributed by atoms with Crippen LogP contribution in [0.3, 0.4) is 0 Å². The van der Waals surface area contributed by atoms with Crippen LogP contribution in [0.2, 0.25) is 0 Å². The number of hydrogen-bond acceptors (Lipinski definition) is 4. The molecule has 0 aliphatic heterocycles. The molecule has 7 nitrogen and oxygen atoms in total. The third-order valence-electron chi connectivity index (χ3n) is 5.40. The average molecular weight is 429 g/mol. The van der Waals surface area contributed by atoms with E-state index in [9.17, 15) is 14.4 Å². The Morgan fingerprint density at radius 1 is 1.06 bits per heavy atom. The lowest BCUT2D eigenvalue weighted by Crippen LogP contribution is -2.52. The smallest absolute Gasteiger partial charge is 0.312 e. The monoisotopic (exact) mass is 428 g/mol. The number of Topliss-reactive ketones (excluding diaryl/α,β-unsaturated/α-hetero) is 1. The van der Waals surface area contributed by atoms with Crippen LogP contribution in [0.25, 0.3) is 5.57 Å². The van der Waals surface area contributed by atoms with Gasteiger partial charge in [0.25, 0.3) is 0 Å². The predicted octanol–water partition coefficient (Wildman–Crippen LogP) is 2.54. The fourth-order valence-corrected chi connectivity index (χ4v) is 3.88. The second kappa shape index (κ2) is 11.6. The second-order valence-electron chi connectivity index (χ2n) is 8.72. The van der Waals surface area contributed by atoms with Gasteiger partial charge < -0.3 is 21.7 Å². The van der Waals surface area contributed by atoms with Gasteiger partial charge in [0.15, 0.2) is 5.78 Å². The van der Waals surface area contributed by atoms with Crippen molar-refractivity contribution >= 4 is 23.3 Å². The van der Waals surface area contributed by atoms with E-state index in [0.717, 1.165) is 12.0 Å². The molecule has 0 aromatic heterocycles. The van der Waals surface area contributed by atoms with Gasteiger partial charge in [0.1, 0.15) is 0 Å². The van der Waals surface area contributed by atoms with E-state index >= 15 is 0 Å². The number of carbonyl (C=O) groups is 3. The molecule has 0 unspecified atom stereocenters. The molecule has 0 fully saturated rings. The third-order valence-corrected chi connectivity index (χ3v) is 5.40. The highest BCUT2D eigenvalue weighted by Crippen LogP contribution is 2.30. The van der Waals surface area contributed by atoms with Gasteiger partial charge in [-0.1, -0.05) is 58.0 Å². The summed E-state index contributed by atoms with van der Waals surface area (Å²) in [6, 6.07) is 6.74. The summed E-state index contributed by atoms with van der Waals surface area (Å²) in [4.78, 5) is 36.8. The minimum Gasteiger partial charge on any atom is -0.352 e. The van der Waals surface area contributed by atoms with Crippen molar-refractivity contribution in [1.82, 2.24) is 16.0 Å². The molecular formula is C24H36N4O3. The van der Waals surface area contributed by atoms with Crippen LogP contribution >= 0.6 is 0 Å². The zero-order valence-corrected chi connectivity index (χ0v) is 19.0. The van der Waals surface area contributed by atoms with Gasteiger partial charge >= 0.3 is 6.03 Å². The van der Waals surface area contributed by atoms with Crippen LogP contribution in [0.4, 0.5) is 4.79 Å². The van der Waals surface area contributed by atoms with Crippen molar-refractivity contribution in [1.29, 1.82) is 0 Å². The van der Waals surface area contributed by atoms with Gasteiger partial charge in [0.2, 0.25) is 5.91 Å². The summed E-state index contributed by atoms with van der Waals surface area (Å²) < 4.78 is 0. The number of urea groups is 1. The van der Waals surface area contributed by atoms with Gasteiger partial charge in [0.05, 0.1) is 12.1 Å². The first-order valence-corrected chi connectivity index (χ1v) is 11.1. The van der Waals surface area contributed by atoms with Crippen LogP contribution in [0.1, 0.15) is 58.1 Å². The summed E-state index contributed by atoms with van der Waals surface area (Å²) in [5.41, 5.74) is 8.72. The Hall–Kier alpha value is -2.67. The number of amides is 3. The summed E-state index contributed by atoms with van der Waals surface area (Å²) in [7, 11) is 0. The first-order valence-electron chi connectivity index (χ1n) is 11.1. The van der Waals surface area contributed by atoms with E-state index in [1.54, 1.807) is 0 Å². The lowest BCUT2D eigenvalue weighted by Gasteiger charge is -2.26. The number of primary amides is 1. The summed E-state index contributed by atoms with van der Waals surface area (Å²) in [5, 5.41) is 8.85. The van der Waals surface area contributed by atoms with Crippen molar-refractivity contribution in [3.8, 4) is 0 Å². The molecule has 2 rings (SSSR count). The third kappa shape index (κ3) is 7.51. The minimum atomic E-state index is -0.595. The number of nitrogens with one attached hydrogen (secondary N) is 3. The fraction of sp³-hybridized carbons (Fsp3) is 0.542. The zero-order valence-electron chi connectivity index (χ0n) is 19.0. The van der Waals surface area contributed by atoms with Gasteiger partial charge in [-0.15, -0.1) is 0 Å². The van der Waals surface area contributed by atoms with Crippen LogP contribution in [0, 0.1) is 5.92 Å². The van der Waals surface area contributed by atoms with Crippen LogP contribution in [-0.2, 0) is 16.0 Å². The maximum absolute atomic E-state index is 13.2. The number of nitrogens with two attached hydrogens (primary N) is 1. The van der Waals surface area contributed by atoms with E-state index in [1.165, 1.54) is 11.1 Å². The number of hydrogen-bond donors (Lipinski definition) is 4. The van der Waals surface area contributed by atoms with Crippen molar-refractivity contribution < 1.29 is 14.4 Å². The Labute approximate surface area is 185 Å². The number of fused-ring (bicyclic) bond motifs is 1. The summed E-state index contributed by atoms with van der Waals surface area (Å²) in [5.74, 6) is -0.391. The Morgan fingerprint density at radius 2 is 1.77 bits per heavy atom. The van der Waals surface area contributed by atoms with Crippen molar-refractivity contribution in [3.05, 3.63) is 41.5 Å². The quantitative estimate of drug-likeness (QED) is 0.383. The molecule has 7 heteroatoms. The molecule has 1 aromatic carbocycles. The molecule has 1 aliphatic carbocycles. The van der Waals surface area contributed by atoms with Gasteiger partial charge in [-0.05, 0) is 42.4 Å². The number of rotatable bonds is 12. The van der Waals surface area contributed by atoms with Crippen molar-refractivity contribution in [2.45, 2.75) is 71.5 Å². The molecule has 0 bridgehead atoms. The van der Waals surface area contributed by atoms with Gasteiger partial charge in [-0.25, -0.2) is 4.79 Å². The molecule has 0 saturated carbocycles. The highest BCUT2D eigenvalue weighted by atomic mass is 16.2. The SMILES string of the molecule is CC(C)N[C@@H](CC1=CCc2ccccc21)C(=O)N[C@@H](CCCNC(N)=O)C(=O)C(C)C. The molecule has 31 heavy (non-hydrogen) atoms. The van der Waals surface area contributed by atoms with Crippen molar-refractivity contribution in [2.24, 2.45) is 11.7 Å². The molecule has 1 aromatic rings. The molecule has 170 valence electrons. The Kier molecular flexibility index (Phi) is 9.24. The van der Waals surface area contributed by atoms with E-state index in [1.807, 2.05) is 39.8 Å². The highest BCUT2D eigenvalue weighted by Gasteiger charge is 2.28. The summed E-state index contributed by atoms with van der Waals surface area (Å²) in [6.45, 7) is 8.03. The zero-order chi connectivity index (χ0) is 23.0. The molecule has 5 N–H and O–H groups in total. The van der Waals surface area contributed by atoms with E-state index < -0.39 is 18.1 Å². The summed E-state index contributed by atoms with van der Waals surface area (Å²) >= 11 is 0. The Bertz CT molecular complexity index is 817. The predicted molar refractivity (Wildman–Crippen MR) is 123 cm³/mol. The van der Waals surface area contributed by atoms with E-state index in [2.05, 4.69) is 34.2 Å². The van der Waals surface area contributed by atoms with Gasteiger partial charge in [-0.2, -0.15) is 0 Å². The molecule has 1 aliphatic rings. The Balaban J connectivity index is 2.08. The molecule has 0 heterocycles. The van der Waals surface area contributed by atoms with Crippen LogP contribution < -0.4 is 21.7 Å². The first kappa shape index (κ1) is 24.6. The number of benzene rings is 1. The summed E-state index contributed by atoms with van der Waals surface area (Å²) in [6.07, 6.45) is 4.62. The normalized spacial score (nSPS) is 14.7. The van der Waals surface area contributed by atoms with Gasteiger partial charge in [-0.3, -0.25) is 9.59 Å². The highest BCUT2D eigenvalue weighted by molar-refractivity contribution is 5.92. The lowest BCUT2D eigenvalue weighted by atomic mass is 9.96. The molecule has 0 radical (unpaired) electrons. The second-order valence-corrected chi connectivity index (χ2v) is 8.72. The average Bonchev–Trinajstić information content (AvgIpc) is 3.11. The molecule has 0 spiro atoms. The number of carbonyl (C=O) groups excluding carboxylic acids is 3. The number of allylic oxidation sites excluding steroid dienone is 1. The fourth-order valence-electron chi connectivity index (χ4n) is 3.88. The van der Waals surface area contributed by atoms with Gasteiger partial charge in [0, 0.05) is 18.5 Å². The standard InChI is InChI=1S/C24H36N4O3/c1-15(2)22(29)20(10-7-13-26-24(25)31)28-23(30)21(27-16(3)4)14-18-12-11-17-8-5-6-9-19(17)18/h5-6,8-9,12,15-16,20-21,27H,7,10-11,13-14H2,1-4H3,(H,28,30)(H3,25,26,31)/t20-,21-/m0/s1. The maximum atomic E-state index is 13.2. The molecule has 2 atom stereocenters. The van der Waals surface area contributed by atoms with E-state index in [-0.39, 0.29) is 23.7 Å². The lowest BCUT2D eigenvalue weighted by molar-refractivity contribution is -0.130. The van der Waals surface area contributed by atoms with Crippen LogP contribution in [-0.4, -0.2) is 42.4 Å². The molecule has 3 amide bonds. The van der Waals surface area contributed by atoms with Crippen molar-refractivity contribution in [3.63, 3.8) is 0 Å². The molecular weight excluding hydrogens is 392 g/mol. The number of ketones is 1. The van der Waals surface area contributed by atoms with Crippen molar-refractivity contribution in [2.75, 3.05) is 6.54 Å². The largest absolute Gasteiger partial charge is 0.352 e. The van der Waals surface area contributed by atoms with E-state index in [4.69, 9.17) is 5.73 Å². The van der Waals surface area contributed by atoms with Crippen LogP contribution in [0.5, 0.6) is 0 Å². The molecule has 0 saturated heterocycles. The van der Waals surface area contributed by atoms with E-state index in [0.29, 0.717) is 25.8 Å². The topological polar surface area (TPSA) is 113 Å². The maximum Gasteiger partial charge on any atom is 0.312 e. The minimum absolute atomic E-state index is 0.0128. The first-order chi connectivity index (χ1) is 14.7. The Morgan fingerprint density at radius 3 is 2.42 bits per heavy atom. The van der Waals surface area contributed by atoms with Crippen LogP contribution in [0.15, 0.2) is 30.3 Å².